The number of nitrogens with one attached hydrogen (secondary N) is 1. The van der Waals surface area contributed by atoms with Gasteiger partial charge in [0.2, 0.25) is 0 Å². The number of hydrogen-bond donors (Lipinski definition) is 1. The zero-order chi connectivity index (χ0) is 18.6. The molecule has 1 aliphatic rings. The van der Waals surface area contributed by atoms with Crippen LogP contribution in [0.5, 0.6) is 5.75 Å². The molecule has 27 heavy (non-hydrogen) atoms. The van der Waals surface area contributed by atoms with E-state index < -0.39 is 0 Å². The summed E-state index contributed by atoms with van der Waals surface area (Å²) in [5.74, 6) is 1.28. The monoisotopic (exact) mass is 364 g/mol. The lowest BCUT2D eigenvalue weighted by atomic mass is 10.1. The van der Waals surface area contributed by atoms with Crippen molar-refractivity contribution in [2.75, 3.05) is 46.4 Å². The highest BCUT2D eigenvalue weighted by molar-refractivity contribution is 5.80. The molecule has 2 heterocycles. The van der Waals surface area contributed by atoms with Crippen molar-refractivity contribution in [3.8, 4) is 17.1 Å². The van der Waals surface area contributed by atoms with Crippen LogP contribution in [0.25, 0.3) is 22.3 Å². The lowest BCUT2D eigenvalue weighted by Crippen LogP contribution is -2.45. The van der Waals surface area contributed by atoms with Crippen LogP contribution in [0.3, 0.4) is 0 Å². The fourth-order valence-corrected chi connectivity index (χ4v) is 3.36. The van der Waals surface area contributed by atoms with Crippen molar-refractivity contribution in [3.05, 3.63) is 58.9 Å². The van der Waals surface area contributed by atoms with E-state index in [4.69, 9.17) is 4.74 Å². The molecule has 0 aliphatic carbocycles. The predicted molar refractivity (Wildman–Crippen MR) is 107 cm³/mol. The lowest BCUT2D eigenvalue weighted by Gasteiger charge is -2.32. The lowest BCUT2D eigenvalue weighted by molar-refractivity contribution is 0.134. The summed E-state index contributed by atoms with van der Waals surface area (Å²) >= 11 is 0. The van der Waals surface area contributed by atoms with Gasteiger partial charge in [-0.05, 0) is 31.3 Å². The van der Waals surface area contributed by atoms with Crippen molar-refractivity contribution < 1.29 is 4.74 Å². The number of benzene rings is 2. The highest BCUT2D eigenvalue weighted by atomic mass is 16.5. The van der Waals surface area contributed by atoms with Gasteiger partial charge >= 0.3 is 0 Å². The number of aromatic nitrogens is 2. The number of rotatable bonds is 5. The van der Waals surface area contributed by atoms with Crippen LogP contribution in [0.15, 0.2) is 53.3 Å². The average Bonchev–Trinajstić information content (AvgIpc) is 2.70. The molecule has 140 valence electrons. The summed E-state index contributed by atoms with van der Waals surface area (Å²) in [7, 11) is 2.15. The van der Waals surface area contributed by atoms with E-state index in [1.165, 1.54) is 0 Å². The molecule has 1 aromatic heterocycles. The quantitative estimate of drug-likeness (QED) is 0.752. The molecular formula is C21H24N4O2. The van der Waals surface area contributed by atoms with Crippen molar-refractivity contribution in [1.29, 1.82) is 0 Å². The van der Waals surface area contributed by atoms with Crippen molar-refractivity contribution >= 4 is 10.9 Å². The summed E-state index contributed by atoms with van der Waals surface area (Å²) in [6, 6.07) is 15.1. The van der Waals surface area contributed by atoms with E-state index in [0.29, 0.717) is 23.3 Å². The Kier molecular flexibility index (Phi) is 5.18. The van der Waals surface area contributed by atoms with Crippen LogP contribution < -0.4 is 10.3 Å². The van der Waals surface area contributed by atoms with Gasteiger partial charge in [-0.25, -0.2) is 4.98 Å². The molecule has 6 heteroatoms. The second kappa shape index (κ2) is 7.90. The minimum Gasteiger partial charge on any atom is -0.491 e. The van der Waals surface area contributed by atoms with Crippen LogP contribution in [0.1, 0.15) is 0 Å². The molecule has 3 aromatic rings. The Morgan fingerprint density at radius 1 is 1.04 bits per heavy atom. The first-order valence-corrected chi connectivity index (χ1v) is 9.33. The molecule has 0 radical (unpaired) electrons. The van der Waals surface area contributed by atoms with Gasteiger partial charge < -0.3 is 14.6 Å². The molecule has 2 aromatic carbocycles. The fourth-order valence-electron chi connectivity index (χ4n) is 3.36. The van der Waals surface area contributed by atoms with Crippen molar-refractivity contribution in [2.45, 2.75) is 0 Å². The number of H-pyrrole nitrogens is 1. The number of likely N-dealkylation sites (N-methyl/N-ethyl adjacent to an activating group) is 1. The van der Waals surface area contributed by atoms with Crippen LogP contribution >= 0.6 is 0 Å². The molecule has 1 aliphatic heterocycles. The van der Waals surface area contributed by atoms with Gasteiger partial charge in [0, 0.05) is 32.7 Å². The summed E-state index contributed by atoms with van der Waals surface area (Å²) in [6.07, 6.45) is 0. The Morgan fingerprint density at radius 2 is 1.78 bits per heavy atom. The van der Waals surface area contributed by atoms with Gasteiger partial charge in [-0.15, -0.1) is 0 Å². The molecule has 1 saturated heterocycles. The van der Waals surface area contributed by atoms with Gasteiger partial charge in [-0.2, -0.15) is 0 Å². The smallest absolute Gasteiger partial charge is 0.259 e. The molecule has 0 bridgehead atoms. The van der Waals surface area contributed by atoms with Gasteiger partial charge in [-0.3, -0.25) is 9.69 Å². The maximum Gasteiger partial charge on any atom is 0.259 e. The van der Waals surface area contributed by atoms with E-state index in [0.717, 1.165) is 44.0 Å². The Morgan fingerprint density at radius 3 is 2.63 bits per heavy atom. The van der Waals surface area contributed by atoms with Crippen LogP contribution in [-0.4, -0.2) is 66.1 Å². The van der Waals surface area contributed by atoms with Gasteiger partial charge in [0.25, 0.3) is 5.56 Å². The molecular weight excluding hydrogens is 340 g/mol. The van der Waals surface area contributed by atoms with Gasteiger partial charge in [-0.1, -0.05) is 24.3 Å². The van der Waals surface area contributed by atoms with E-state index in [9.17, 15) is 4.79 Å². The highest BCUT2D eigenvalue weighted by Crippen LogP contribution is 2.27. The topological polar surface area (TPSA) is 61.5 Å². The first kappa shape index (κ1) is 17.7. The second-order valence-electron chi connectivity index (χ2n) is 6.92. The van der Waals surface area contributed by atoms with Crippen LogP contribution in [0.2, 0.25) is 0 Å². The first-order valence-electron chi connectivity index (χ1n) is 9.33. The van der Waals surface area contributed by atoms with E-state index in [2.05, 4.69) is 26.8 Å². The van der Waals surface area contributed by atoms with E-state index in [1.54, 1.807) is 6.07 Å². The van der Waals surface area contributed by atoms with E-state index in [-0.39, 0.29) is 5.56 Å². The Bertz CT molecular complexity index is 977. The first-order chi connectivity index (χ1) is 13.2. The molecule has 0 saturated carbocycles. The number of piperazine rings is 1. The van der Waals surface area contributed by atoms with E-state index >= 15 is 0 Å². The Balaban J connectivity index is 1.52. The Labute approximate surface area is 158 Å². The van der Waals surface area contributed by atoms with Gasteiger partial charge in [0.1, 0.15) is 18.2 Å². The molecule has 0 spiro atoms. The number of para-hydroxylation sites is 2. The van der Waals surface area contributed by atoms with E-state index in [1.807, 2.05) is 42.5 Å². The maximum atomic E-state index is 12.4. The molecule has 0 amide bonds. The fraction of sp³-hybridized carbons (Fsp3) is 0.333. The van der Waals surface area contributed by atoms with Crippen molar-refractivity contribution in [2.24, 2.45) is 0 Å². The number of fused-ring (bicyclic) bond motifs is 1. The van der Waals surface area contributed by atoms with Gasteiger partial charge in [0.05, 0.1) is 16.5 Å². The summed E-state index contributed by atoms with van der Waals surface area (Å²) in [6.45, 7) is 5.84. The SMILES string of the molecule is CN1CCN(CCOc2ccccc2-c2nc3ccccc3c(=O)[nH]2)CC1. The summed E-state index contributed by atoms with van der Waals surface area (Å²) in [4.78, 5) is 24.7. The van der Waals surface area contributed by atoms with Crippen molar-refractivity contribution in [3.63, 3.8) is 0 Å². The van der Waals surface area contributed by atoms with Crippen LogP contribution in [-0.2, 0) is 0 Å². The second-order valence-corrected chi connectivity index (χ2v) is 6.92. The summed E-state index contributed by atoms with van der Waals surface area (Å²) in [5.41, 5.74) is 1.35. The zero-order valence-electron chi connectivity index (χ0n) is 15.5. The molecule has 1 fully saturated rings. The number of nitrogens with zero attached hydrogens (tertiary/aromatic N) is 3. The third kappa shape index (κ3) is 4.02. The predicted octanol–water partition coefficient (Wildman–Crippen LogP) is 2.22. The minimum absolute atomic E-state index is 0.136. The standard InChI is InChI=1S/C21H24N4O2/c1-24-10-12-25(13-11-24)14-15-27-19-9-5-3-7-17(19)20-22-18-8-4-2-6-16(18)21(26)23-20/h2-9H,10-15H2,1H3,(H,22,23,26). The third-order valence-corrected chi connectivity index (χ3v) is 5.02. The number of aromatic amines is 1. The zero-order valence-corrected chi connectivity index (χ0v) is 15.5. The largest absolute Gasteiger partial charge is 0.491 e. The number of hydrogen-bond acceptors (Lipinski definition) is 5. The van der Waals surface area contributed by atoms with Gasteiger partial charge in [0.15, 0.2) is 0 Å². The van der Waals surface area contributed by atoms with Crippen molar-refractivity contribution in [1.82, 2.24) is 19.8 Å². The third-order valence-electron chi connectivity index (χ3n) is 5.02. The normalized spacial score (nSPS) is 15.9. The minimum atomic E-state index is -0.136. The van der Waals surface area contributed by atoms with Crippen LogP contribution in [0, 0.1) is 0 Å². The number of ether oxygens (including phenoxy) is 1. The molecule has 0 atom stereocenters. The molecule has 0 unspecified atom stereocenters. The average molecular weight is 364 g/mol. The summed E-state index contributed by atoms with van der Waals surface area (Å²) in [5, 5.41) is 0.592. The molecule has 4 rings (SSSR count). The Hall–Kier alpha value is -2.70. The summed E-state index contributed by atoms with van der Waals surface area (Å²) < 4.78 is 6.06. The van der Waals surface area contributed by atoms with Crippen LogP contribution in [0.4, 0.5) is 0 Å². The maximum absolute atomic E-state index is 12.4. The highest BCUT2D eigenvalue weighted by Gasteiger charge is 2.14. The molecule has 6 nitrogen and oxygen atoms in total. The molecule has 1 N–H and O–H groups in total.